The van der Waals surface area contributed by atoms with Crippen molar-refractivity contribution in [1.29, 1.82) is 0 Å². The quantitative estimate of drug-likeness (QED) is 0.291. The molecule has 0 aromatic rings. The number of hydrogen-bond donors (Lipinski definition) is 3. The van der Waals surface area contributed by atoms with Crippen LogP contribution < -0.4 is 0 Å². The maximum absolute atomic E-state index is 13.0. The Kier molecular flexibility index (Phi) is 12.4. The number of carbonyl (C=O) groups is 2. The van der Waals surface area contributed by atoms with Crippen LogP contribution in [0.25, 0.3) is 0 Å². The van der Waals surface area contributed by atoms with Crippen molar-refractivity contribution < 1.29 is 29.6 Å². The molecule has 3 aliphatic rings. The van der Waals surface area contributed by atoms with E-state index in [-0.39, 0.29) is 23.7 Å². The van der Waals surface area contributed by atoms with Gasteiger partial charge in [0.2, 0.25) is 0 Å². The maximum Gasteiger partial charge on any atom is 0.335 e. The number of hydrogen-bond acceptors (Lipinski definition) is 5. The Labute approximate surface area is 205 Å². The highest BCUT2D eigenvalue weighted by Gasteiger charge is 2.50. The molecule has 0 aromatic carbocycles. The lowest BCUT2D eigenvalue weighted by Crippen LogP contribution is -2.54. The molecule has 194 valence electrons. The Balaban J connectivity index is 0.000000446. The summed E-state index contributed by atoms with van der Waals surface area (Å²) < 4.78 is 5.64. The third-order valence-electron chi connectivity index (χ3n) is 7.32. The summed E-state index contributed by atoms with van der Waals surface area (Å²) in [5.74, 6) is -0.555. The molecule has 6 heteroatoms. The fourth-order valence-electron chi connectivity index (χ4n) is 5.34. The van der Waals surface area contributed by atoms with Crippen LogP contribution in [0.3, 0.4) is 0 Å². The zero-order chi connectivity index (χ0) is 26.1. The second-order valence-corrected chi connectivity index (χ2v) is 9.60. The summed E-state index contributed by atoms with van der Waals surface area (Å²) >= 11 is 0. The predicted octanol–water partition coefficient (Wildman–Crippen LogP) is 5.24. The molecule has 2 aliphatic carbocycles. The maximum atomic E-state index is 13.0. The molecule has 34 heavy (non-hydrogen) atoms. The van der Waals surface area contributed by atoms with Crippen LogP contribution in [0.5, 0.6) is 0 Å². The van der Waals surface area contributed by atoms with E-state index < -0.39 is 17.7 Å². The van der Waals surface area contributed by atoms with E-state index in [0.717, 1.165) is 30.4 Å². The fraction of sp³-hybridized carbons (Fsp3) is 0.714. The molecule has 1 saturated carbocycles. The second kappa shape index (κ2) is 14.0. The number of carboxylic acids is 1. The van der Waals surface area contributed by atoms with Gasteiger partial charge in [-0.05, 0) is 77.7 Å². The standard InChI is InChI=1S/C19H30O4.C7H10O2.C2H6/c1-4-12-11(2)7-8-19(3,22)9-14-13(18(21)17(12)20)5-6-16-15(14)10-23-16;1-3-5-6(4-2)7(8)9;1-2/h13-17,20,22H,4-10H2,1-3H3;3-5H,1-2H3,(H,8,9);1-2H3/b12-11+;5-3-,6-4+;. The number of aliphatic hydroxyl groups is 2. The molecule has 3 N–H and O–H groups in total. The molecule has 0 spiro atoms. The number of rotatable bonds is 3. The lowest BCUT2D eigenvalue weighted by Gasteiger charge is -2.51. The van der Waals surface area contributed by atoms with Crippen molar-refractivity contribution in [2.45, 2.75) is 105 Å². The van der Waals surface area contributed by atoms with E-state index in [1.165, 1.54) is 0 Å². The topological polar surface area (TPSA) is 104 Å². The number of aliphatic carboxylic acids is 1. The van der Waals surface area contributed by atoms with Gasteiger partial charge in [-0.25, -0.2) is 4.79 Å². The molecule has 6 atom stereocenters. The Hall–Kier alpha value is -1.76. The summed E-state index contributed by atoms with van der Waals surface area (Å²) in [5, 5.41) is 29.9. The molecule has 0 bridgehead atoms. The summed E-state index contributed by atoms with van der Waals surface area (Å²) in [7, 11) is 0. The number of carboxylic acid groups (broad SMARTS) is 1. The van der Waals surface area contributed by atoms with E-state index in [9.17, 15) is 19.8 Å². The van der Waals surface area contributed by atoms with Crippen LogP contribution in [0.4, 0.5) is 0 Å². The molecular formula is C28H46O6. The van der Waals surface area contributed by atoms with Gasteiger partial charge in [0.15, 0.2) is 5.78 Å². The van der Waals surface area contributed by atoms with Gasteiger partial charge in [0.25, 0.3) is 0 Å². The smallest absolute Gasteiger partial charge is 0.335 e. The number of ether oxygens (including phenoxy) is 1. The van der Waals surface area contributed by atoms with Crippen molar-refractivity contribution in [2.75, 3.05) is 6.61 Å². The highest BCUT2D eigenvalue weighted by atomic mass is 16.5. The van der Waals surface area contributed by atoms with Crippen LogP contribution in [0, 0.1) is 17.8 Å². The first-order valence-electron chi connectivity index (χ1n) is 12.8. The lowest BCUT2D eigenvalue weighted by molar-refractivity contribution is -0.186. The predicted molar refractivity (Wildman–Crippen MR) is 135 cm³/mol. The Bertz CT molecular complexity index is 776. The minimum atomic E-state index is -0.965. The van der Waals surface area contributed by atoms with Crippen molar-refractivity contribution in [3.8, 4) is 0 Å². The Morgan fingerprint density at radius 3 is 2.29 bits per heavy atom. The highest BCUT2D eigenvalue weighted by Crippen LogP contribution is 2.47. The van der Waals surface area contributed by atoms with Crippen LogP contribution in [-0.4, -0.2) is 51.5 Å². The molecule has 0 radical (unpaired) electrons. The zero-order valence-corrected chi connectivity index (χ0v) is 22.1. The first-order valence-corrected chi connectivity index (χ1v) is 12.8. The van der Waals surface area contributed by atoms with Crippen LogP contribution >= 0.6 is 0 Å². The van der Waals surface area contributed by atoms with Crippen molar-refractivity contribution in [2.24, 2.45) is 17.8 Å². The molecule has 1 saturated heterocycles. The van der Waals surface area contributed by atoms with Gasteiger partial charge in [-0.2, -0.15) is 0 Å². The molecule has 1 heterocycles. The Morgan fingerprint density at radius 2 is 1.85 bits per heavy atom. The summed E-state index contributed by atoms with van der Waals surface area (Å²) in [6.45, 7) is 14.1. The van der Waals surface area contributed by atoms with Crippen molar-refractivity contribution >= 4 is 11.8 Å². The number of aliphatic hydroxyl groups excluding tert-OH is 1. The number of Topliss-reactive ketones (excluding diaryl/α,β-unsaturated/α-hetero) is 1. The normalized spacial score (nSPS) is 36.1. The third-order valence-corrected chi connectivity index (χ3v) is 7.32. The molecular weight excluding hydrogens is 432 g/mol. The molecule has 0 aromatic heterocycles. The van der Waals surface area contributed by atoms with E-state index in [1.807, 2.05) is 34.6 Å². The monoisotopic (exact) mass is 478 g/mol. The number of ketones is 1. The van der Waals surface area contributed by atoms with E-state index in [2.05, 4.69) is 0 Å². The van der Waals surface area contributed by atoms with Gasteiger partial charge in [0, 0.05) is 11.8 Å². The van der Waals surface area contributed by atoms with Gasteiger partial charge in [-0.15, -0.1) is 0 Å². The van der Waals surface area contributed by atoms with E-state index in [4.69, 9.17) is 9.84 Å². The summed E-state index contributed by atoms with van der Waals surface area (Å²) in [6, 6.07) is 0. The first-order chi connectivity index (χ1) is 16.1. The van der Waals surface area contributed by atoms with Gasteiger partial charge in [0.05, 0.1) is 23.9 Å². The third kappa shape index (κ3) is 7.62. The van der Waals surface area contributed by atoms with Crippen LogP contribution in [0.15, 0.2) is 34.9 Å². The zero-order valence-electron chi connectivity index (χ0n) is 22.1. The van der Waals surface area contributed by atoms with Crippen molar-refractivity contribution in [3.05, 3.63) is 34.9 Å². The molecule has 3 rings (SSSR count). The lowest BCUT2D eigenvalue weighted by atomic mass is 9.62. The largest absolute Gasteiger partial charge is 0.478 e. The molecule has 6 nitrogen and oxygen atoms in total. The van der Waals surface area contributed by atoms with Crippen LogP contribution in [-0.2, 0) is 14.3 Å². The van der Waals surface area contributed by atoms with Gasteiger partial charge in [-0.3, -0.25) is 4.79 Å². The molecule has 6 unspecified atom stereocenters. The average molecular weight is 479 g/mol. The van der Waals surface area contributed by atoms with Gasteiger partial charge < -0.3 is 20.1 Å². The van der Waals surface area contributed by atoms with E-state index in [1.54, 1.807) is 32.1 Å². The SMILES string of the molecule is C/C=C\C(=C/C)C(=O)O.CC.CC/C1=C(/C)CCC(C)(O)CC2C(CCC3OCC32)C(=O)C1O. The van der Waals surface area contributed by atoms with Gasteiger partial charge in [0.1, 0.15) is 6.10 Å². The number of fused-ring (bicyclic) bond motifs is 3. The molecule has 1 aliphatic heterocycles. The van der Waals surface area contributed by atoms with E-state index in [0.29, 0.717) is 37.4 Å². The molecule has 0 amide bonds. The average Bonchev–Trinajstić information content (AvgIpc) is 2.78. The highest BCUT2D eigenvalue weighted by molar-refractivity contribution is 5.89. The van der Waals surface area contributed by atoms with E-state index >= 15 is 0 Å². The van der Waals surface area contributed by atoms with Crippen molar-refractivity contribution in [1.82, 2.24) is 0 Å². The number of carbonyl (C=O) groups excluding carboxylic acids is 1. The molecule has 2 fully saturated rings. The second-order valence-electron chi connectivity index (χ2n) is 9.60. The van der Waals surface area contributed by atoms with Crippen LogP contribution in [0.1, 0.15) is 87.0 Å². The van der Waals surface area contributed by atoms with Gasteiger partial charge >= 0.3 is 5.97 Å². The van der Waals surface area contributed by atoms with Gasteiger partial charge in [-0.1, -0.05) is 44.6 Å². The van der Waals surface area contributed by atoms with Crippen molar-refractivity contribution in [3.63, 3.8) is 0 Å². The minimum absolute atomic E-state index is 0.0331. The minimum Gasteiger partial charge on any atom is -0.478 e. The summed E-state index contributed by atoms with van der Waals surface area (Å²) in [4.78, 5) is 23.2. The Morgan fingerprint density at radius 1 is 1.21 bits per heavy atom. The number of allylic oxidation sites excluding steroid dienone is 3. The first kappa shape index (κ1) is 30.3. The summed E-state index contributed by atoms with van der Waals surface area (Å²) in [5.41, 5.74) is 1.49. The summed E-state index contributed by atoms with van der Waals surface area (Å²) in [6.07, 6.45) is 8.52. The van der Waals surface area contributed by atoms with Crippen LogP contribution in [0.2, 0.25) is 0 Å². The fourth-order valence-corrected chi connectivity index (χ4v) is 5.34.